The van der Waals surface area contributed by atoms with E-state index in [9.17, 15) is 4.79 Å². The summed E-state index contributed by atoms with van der Waals surface area (Å²) in [5.74, 6) is 0.514. The molecule has 0 heterocycles. The Kier molecular flexibility index (Phi) is 4.64. The molecule has 0 aliphatic carbocycles. The maximum atomic E-state index is 11.7. The average molecular weight is 291 g/mol. The van der Waals surface area contributed by atoms with Gasteiger partial charge in [0.05, 0.1) is 5.02 Å². The van der Waals surface area contributed by atoms with Gasteiger partial charge in [-0.2, -0.15) is 0 Å². The first kappa shape index (κ1) is 14.4. The minimum Gasteiger partial charge on any atom is -0.480 e. The van der Waals surface area contributed by atoms with E-state index in [0.717, 1.165) is 11.1 Å². The third-order valence-corrected chi connectivity index (χ3v) is 3.20. The Morgan fingerprint density at radius 3 is 2.55 bits per heavy atom. The van der Waals surface area contributed by atoms with E-state index in [0.29, 0.717) is 16.5 Å². The Morgan fingerprint density at radius 2 is 1.85 bits per heavy atom. The van der Waals surface area contributed by atoms with Crippen molar-refractivity contribution in [3.63, 3.8) is 0 Å². The van der Waals surface area contributed by atoms with Gasteiger partial charge in [0.1, 0.15) is 11.5 Å². The van der Waals surface area contributed by atoms with Crippen LogP contribution in [-0.4, -0.2) is 12.6 Å². The van der Waals surface area contributed by atoms with Gasteiger partial charge in [0, 0.05) is 0 Å². The van der Waals surface area contributed by atoms with Gasteiger partial charge in [0.15, 0.2) is 6.61 Å². The summed E-state index contributed by atoms with van der Waals surface area (Å²) in [6.45, 7) is 3.78. The summed E-state index contributed by atoms with van der Waals surface area (Å²) in [4.78, 5) is 11.7. The number of esters is 1. The molecule has 0 bridgehead atoms. The van der Waals surface area contributed by atoms with E-state index in [4.69, 9.17) is 21.1 Å². The van der Waals surface area contributed by atoms with Gasteiger partial charge in [0.25, 0.3) is 0 Å². The third-order valence-electron chi connectivity index (χ3n) is 2.89. The predicted octanol–water partition coefficient (Wildman–Crippen LogP) is 3.94. The van der Waals surface area contributed by atoms with Crippen LogP contribution in [0.2, 0.25) is 5.02 Å². The predicted molar refractivity (Wildman–Crippen MR) is 78.5 cm³/mol. The van der Waals surface area contributed by atoms with Crippen molar-refractivity contribution >= 4 is 17.6 Å². The first-order valence-electron chi connectivity index (χ1n) is 6.21. The fourth-order valence-corrected chi connectivity index (χ4v) is 1.83. The second-order valence-electron chi connectivity index (χ2n) is 4.44. The zero-order valence-corrected chi connectivity index (χ0v) is 12.1. The summed E-state index contributed by atoms with van der Waals surface area (Å²) in [7, 11) is 0. The first-order valence-corrected chi connectivity index (χ1v) is 6.59. The molecule has 0 spiro atoms. The highest BCUT2D eigenvalue weighted by Gasteiger charge is 2.08. The molecule has 0 unspecified atom stereocenters. The van der Waals surface area contributed by atoms with Crippen LogP contribution in [0, 0.1) is 13.8 Å². The number of hydrogen-bond acceptors (Lipinski definition) is 3. The van der Waals surface area contributed by atoms with Gasteiger partial charge in [-0.3, -0.25) is 0 Å². The van der Waals surface area contributed by atoms with Crippen molar-refractivity contribution in [2.75, 3.05) is 6.61 Å². The average Bonchev–Trinajstić information content (AvgIpc) is 2.42. The van der Waals surface area contributed by atoms with Gasteiger partial charge < -0.3 is 9.47 Å². The second-order valence-corrected chi connectivity index (χ2v) is 4.85. The molecule has 0 aliphatic heterocycles. The number of carbonyl (C=O) groups is 1. The number of aryl methyl sites for hydroxylation is 2. The molecule has 0 saturated carbocycles. The van der Waals surface area contributed by atoms with Gasteiger partial charge in [-0.1, -0.05) is 29.8 Å². The van der Waals surface area contributed by atoms with E-state index in [-0.39, 0.29) is 6.61 Å². The van der Waals surface area contributed by atoms with Gasteiger partial charge >= 0.3 is 5.97 Å². The van der Waals surface area contributed by atoms with Gasteiger partial charge in [-0.05, 0) is 49.2 Å². The molecule has 0 fully saturated rings. The van der Waals surface area contributed by atoms with E-state index in [1.807, 2.05) is 26.0 Å². The van der Waals surface area contributed by atoms with Crippen molar-refractivity contribution in [3.05, 3.63) is 58.6 Å². The Balaban J connectivity index is 1.93. The quantitative estimate of drug-likeness (QED) is 0.632. The molecule has 2 rings (SSSR count). The molecular weight excluding hydrogens is 276 g/mol. The summed E-state index contributed by atoms with van der Waals surface area (Å²) >= 11 is 5.93. The SMILES string of the molecule is Cc1ccc(OC(=O)COc2ccccc2Cl)cc1C. The lowest BCUT2D eigenvalue weighted by molar-refractivity contribution is -0.136. The summed E-state index contributed by atoms with van der Waals surface area (Å²) < 4.78 is 10.5. The van der Waals surface area contributed by atoms with Crippen molar-refractivity contribution in [2.45, 2.75) is 13.8 Å². The van der Waals surface area contributed by atoms with Crippen molar-refractivity contribution in [1.82, 2.24) is 0 Å². The molecule has 0 aliphatic rings. The smallest absolute Gasteiger partial charge is 0.349 e. The Morgan fingerprint density at radius 1 is 1.10 bits per heavy atom. The van der Waals surface area contributed by atoms with Crippen LogP contribution in [0.1, 0.15) is 11.1 Å². The highest BCUT2D eigenvalue weighted by atomic mass is 35.5. The minimum atomic E-state index is -0.465. The molecule has 3 nitrogen and oxygen atoms in total. The largest absolute Gasteiger partial charge is 0.480 e. The summed E-state index contributed by atoms with van der Waals surface area (Å²) in [6, 6.07) is 12.5. The molecule has 4 heteroatoms. The molecule has 0 saturated heterocycles. The number of carbonyl (C=O) groups excluding carboxylic acids is 1. The molecule has 20 heavy (non-hydrogen) atoms. The number of hydrogen-bond donors (Lipinski definition) is 0. The van der Waals surface area contributed by atoms with Crippen LogP contribution in [0.4, 0.5) is 0 Å². The molecule has 2 aromatic carbocycles. The highest BCUT2D eigenvalue weighted by Crippen LogP contribution is 2.23. The summed E-state index contributed by atoms with van der Waals surface area (Å²) in [5.41, 5.74) is 2.22. The highest BCUT2D eigenvalue weighted by molar-refractivity contribution is 6.32. The fraction of sp³-hybridized carbons (Fsp3) is 0.188. The van der Waals surface area contributed by atoms with Gasteiger partial charge in [0.2, 0.25) is 0 Å². The van der Waals surface area contributed by atoms with Gasteiger partial charge in [-0.15, -0.1) is 0 Å². The zero-order valence-electron chi connectivity index (χ0n) is 11.4. The van der Waals surface area contributed by atoms with E-state index < -0.39 is 5.97 Å². The van der Waals surface area contributed by atoms with Crippen LogP contribution >= 0.6 is 11.6 Å². The molecule has 0 radical (unpaired) electrons. The van der Waals surface area contributed by atoms with Crippen LogP contribution in [-0.2, 0) is 4.79 Å². The molecule has 0 atom stereocenters. The maximum Gasteiger partial charge on any atom is 0.349 e. The van der Waals surface area contributed by atoms with Crippen LogP contribution in [0.5, 0.6) is 11.5 Å². The summed E-state index contributed by atoms with van der Waals surface area (Å²) in [6.07, 6.45) is 0. The van der Waals surface area contributed by atoms with Crippen molar-refractivity contribution in [1.29, 1.82) is 0 Å². The minimum absolute atomic E-state index is 0.184. The normalized spacial score (nSPS) is 10.2. The lowest BCUT2D eigenvalue weighted by Gasteiger charge is -2.09. The molecular formula is C16H15ClO3. The number of rotatable bonds is 4. The third kappa shape index (κ3) is 3.75. The maximum absolute atomic E-state index is 11.7. The monoisotopic (exact) mass is 290 g/mol. The number of ether oxygens (including phenoxy) is 2. The van der Waals surface area contributed by atoms with E-state index in [2.05, 4.69) is 0 Å². The molecule has 0 N–H and O–H groups in total. The lowest BCUT2D eigenvalue weighted by atomic mass is 10.1. The van der Waals surface area contributed by atoms with Gasteiger partial charge in [-0.25, -0.2) is 4.79 Å². The number of para-hydroxylation sites is 1. The van der Waals surface area contributed by atoms with E-state index in [1.165, 1.54) is 0 Å². The van der Waals surface area contributed by atoms with E-state index in [1.54, 1.807) is 30.3 Å². The molecule has 0 aromatic heterocycles. The molecule has 104 valence electrons. The first-order chi connectivity index (χ1) is 9.56. The Labute approximate surface area is 123 Å². The number of benzene rings is 2. The summed E-state index contributed by atoms with van der Waals surface area (Å²) in [5, 5.41) is 0.464. The molecule has 2 aromatic rings. The molecule has 0 amide bonds. The van der Waals surface area contributed by atoms with Crippen LogP contribution < -0.4 is 9.47 Å². The second kappa shape index (κ2) is 6.44. The number of halogens is 1. The fourth-order valence-electron chi connectivity index (χ4n) is 1.64. The van der Waals surface area contributed by atoms with E-state index >= 15 is 0 Å². The Bertz CT molecular complexity index is 623. The van der Waals surface area contributed by atoms with Crippen molar-refractivity contribution in [3.8, 4) is 11.5 Å². The van der Waals surface area contributed by atoms with Crippen LogP contribution in [0.25, 0.3) is 0 Å². The lowest BCUT2D eigenvalue weighted by Crippen LogP contribution is -2.17. The van der Waals surface area contributed by atoms with Crippen LogP contribution in [0.15, 0.2) is 42.5 Å². The standard InChI is InChI=1S/C16H15ClO3/c1-11-7-8-13(9-12(11)2)20-16(18)10-19-15-6-4-3-5-14(15)17/h3-9H,10H2,1-2H3. The topological polar surface area (TPSA) is 35.5 Å². The van der Waals surface area contributed by atoms with Crippen molar-refractivity contribution < 1.29 is 14.3 Å². The van der Waals surface area contributed by atoms with Crippen LogP contribution in [0.3, 0.4) is 0 Å². The zero-order chi connectivity index (χ0) is 14.5. The Hall–Kier alpha value is -2.00. The van der Waals surface area contributed by atoms with Crippen molar-refractivity contribution in [2.24, 2.45) is 0 Å².